The van der Waals surface area contributed by atoms with Gasteiger partial charge in [0.05, 0.1) is 12.2 Å². The van der Waals surface area contributed by atoms with Crippen LogP contribution >= 0.6 is 0 Å². The van der Waals surface area contributed by atoms with Crippen LogP contribution in [0.3, 0.4) is 0 Å². The van der Waals surface area contributed by atoms with Crippen molar-refractivity contribution in [3.8, 4) is 0 Å². The van der Waals surface area contributed by atoms with Gasteiger partial charge in [-0.2, -0.15) is 5.10 Å². The van der Waals surface area contributed by atoms with Gasteiger partial charge in [-0.25, -0.2) is 8.78 Å². The van der Waals surface area contributed by atoms with Gasteiger partial charge in [0, 0.05) is 49.5 Å². The molecule has 0 aliphatic carbocycles. The quantitative estimate of drug-likeness (QED) is 0.626. The van der Waals surface area contributed by atoms with Gasteiger partial charge < -0.3 is 4.90 Å². The summed E-state index contributed by atoms with van der Waals surface area (Å²) in [6.07, 6.45) is 0. The van der Waals surface area contributed by atoms with E-state index in [1.165, 1.54) is 6.07 Å². The second-order valence-electron chi connectivity index (χ2n) is 8.06. The van der Waals surface area contributed by atoms with Crippen LogP contribution in [0.5, 0.6) is 0 Å². The Morgan fingerprint density at radius 2 is 1.68 bits per heavy atom. The van der Waals surface area contributed by atoms with Crippen LogP contribution in [-0.4, -0.2) is 51.7 Å². The number of amides is 1. The van der Waals surface area contributed by atoms with Crippen LogP contribution in [0.2, 0.25) is 0 Å². The number of hydrogen-bond acceptors (Lipinski definition) is 3. The van der Waals surface area contributed by atoms with E-state index in [4.69, 9.17) is 0 Å². The average Bonchev–Trinajstić information content (AvgIpc) is 3.08. The first-order valence-electron chi connectivity index (χ1n) is 10.5. The highest BCUT2D eigenvalue weighted by molar-refractivity contribution is 5.94. The van der Waals surface area contributed by atoms with Crippen molar-refractivity contribution in [1.29, 1.82) is 0 Å². The zero-order valence-corrected chi connectivity index (χ0v) is 17.8. The van der Waals surface area contributed by atoms with E-state index in [0.717, 1.165) is 23.0 Å². The average molecular weight is 424 g/mol. The van der Waals surface area contributed by atoms with Gasteiger partial charge in [0.15, 0.2) is 11.6 Å². The molecule has 3 aromatic rings. The Labute approximate surface area is 180 Å². The molecule has 0 radical (unpaired) electrons. The number of carbonyl (C=O) groups excluding carboxylic acids is 1. The summed E-state index contributed by atoms with van der Waals surface area (Å²) in [7, 11) is 0. The Bertz CT molecular complexity index is 1070. The van der Waals surface area contributed by atoms with E-state index in [9.17, 15) is 13.6 Å². The van der Waals surface area contributed by atoms with E-state index in [2.05, 4.69) is 5.10 Å². The Morgan fingerprint density at radius 1 is 0.968 bits per heavy atom. The molecule has 1 aliphatic heterocycles. The Hall–Kier alpha value is -3.06. The second kappa shape index (κ2) is 8.98. The third-order valence-electron chi connectivity index (χ3n) is 5.72. The highest BCUT2D eigenvalue weighted by atomic mass is 19.2. The summed E-state index contributed by atoms with van der Waals surface area (Å²) in [6.45, 7) is 7.37. The molecule has 4 rings (SSSR count). The molecule has 5 nitrogen and oxygen atoms in total. The molecule has 1 fully saturated rings. The maximum absolute atomic E-state index is 13.9. The number of aryl methyl sites for hydroxylation is 2. The van der Waals surface area contributed by atoms with E-state index in [1.54, 1.807) is 6.07 Å². The lowest BCUT2D eigenvalue weighted by atomic mass is 10.1. The number of rotatable bonds is 5. The number of carbonyl (C=O) groups is 1. The van der Waals surface area contributed by atoms with Crippen LogP contribution in [0, 0.1) is 25.5 Å². The SMILES string of the molecule is Cc1cc(C)n(Cc2ccc(C(=O)N3CCN(Cc4cccc(F)c4F)CC3)cc2)n1. The monoisotopic (exact) mass is 424 g/mol. The van der Waals surface area contributed by atoms with Crippen molar-refractivity contribution in [3.05, 3.63) is 88.2 Å². The van der Waals surface area contributed by atoms with Gasteiger partial charge in [0.1, 0.15) is 0 Å². The third-order valence-corrected chi connectivity index (χ3v) is 5.72. The molecule has 0 saturated carbocycles. The van der Waals surface area contributed by atoms with Crippen LogP contribution in [0.4, 0.5) is 8.78 Å². The summed E-state index contributed by atoms with van der Waals surface area (Å²) < 4.78 is 29.3. The molecule has 0 atom stereocenters. The smallest absolute Gasteiger partial charge is 0.253 e. The van der Waals surface area contributed by atoms with Crippen molar-refractivity contribution in [2.75, 3.05) is 26.2 Å². The van der Waals surface area contributed by atoms with Crippen molar-refractivity contribution < 1.29 is 13.6 Å². The van der Waals surface area contributed by atoms with E-state index in [-0.39, 0.29) is 5.91 Å². The molecule has 0 N–H and O–H groups in total. The Kier molecular flexibility index (Phi) is 6.13. The molecule has 31 heavy (non-hydrogen) atoms. The number of hydrogen-bond donors (Lipinski definition) is 0. The summed E-state index contributed by atoms with van der Waals surface area (Å²) in [4.78, 5) is 16.7. The normalized spacial score (nSPS) is 14.8. The molecule has 7 heteroatoms. The van der Waals surface area contributed by atoms with E-state index in [0.29, 0.717) is 50.4 Å². The van der Waals surface area contributed by atoms with Crippen LogP contribution in [0.25, 0.3) is 0 Å². The van der Waals surface area contributed by atoms with E-state index in [1.807, 2.05) is 58.7 Å². The topological polar surface area (TPSA) is 41.4 Å². The van der Waals surface area contributed by atoms with Crippen molar-refractivity contribution >= 4 is 5.91 Å². The van der Waals surface area contributed by atoms with E-state index >= 15 is 0 Å². The standard InChI is InChI=1S/C24H26F2N4O/c1-17-14-18(2)30(27-17)15-19-6-8-20(9-7-19)24(31)29-12-10-28(11-13-29)16-21-4-3-5-22(25)23(21)26/h3-9,14H,10-13,15-16H2,1-2H3. The Morgan fingerprint density at radius 3 is 2.32 bits per heavy atom. The predicted octanol–water partition coefficient (Wildman–Crippen LogP) is 3.78. The van der Waals surface area contributed by atoms with Crippen molar-refractivity contribution in [2.24, 2.45) is 0 Å². The first-order valence-corrected chi connectivity index (χ1v) is 10.5. The molecule has 162 valence electrons. The highest BCUT2D eigenvalue weighted by Crippen LogP contribution is 2.17. The van der Waals surface area contributed by atoms with Crippen molar-refractivity contribution in [2.45, 2.75) is 26.9 Å². The lowest BCUT2D eigenvalue weighted by Gasteiger charge is -2.34. The van der Waals surface area contributed by atoms with Gasteiger partial charge in [-0.3, -0.25) is 14.4 Å². The lowest BCUT2D eigenvalue weighted by molar-refractivity contribution is 0.0627. The van der Waals surface area contributed by atoms with Crippen LogP contribution in [0.1, 0.15) is 32.9 Å². The summed E-state index contributed by atoms with van der Waals surface area (Å²) in [5.74, 6) is -1.62. The molecule has 0 bridgehead atoms. The fourth-order valence-corrected chi connectivity index (χ4v) is 3.96. The van der Waals surface area contributed by atoms with E-state index < -0.39 is 11.6 Å². The zero-order valence-electron chi connectivity index (χ0n) is 17.8. The molecule has 1 saturated heterocycles. The minimum Gasteiger partial charge on any atom is -0.336 e. The maximum Gasteiger partial charge on any atom is 0.253 e. The fourth-order valence-electron chi connectivity index (χ4n) is 3.96. The number of aromatic nitrogens is 2. The van der Waals surface area contributed by atoms with Crippen LogP contribution in [0.15, 0.2) is 48.5 Å². The summed E-state index contributed by atoms with van der Waals surface area (Å²) in [5.41, 5.74) is 4.18. The summed E-state index contributed by atoms with van der Waals surface area (Å²) in [6, 6.07) is 13.9. The molecule has 2 aromatic carbocycles. The van der Waals surface area contributed by atoms with Crippen LogP contribution in [-0.2, 0) is 13.1 Å². The molecule has 2 heterocycles. The molecule has 1 amide bonds. The zero-order chi connectivity index (χ0) is 22.0. The van der Waals surface area contributed by atoms with Gasteiger partial charge in [0.2, 0.25) is 0 Å². The molecule has 0 spiro atoms. The Balaban J connectivity index is 1.33. The number of benzene rings is 2. The van der Waals surface area contributed by atoms with Gasteiger partial charge in [0.25, 0.3) is 5.91 Å². The van der Waals surface area contributed by atoms with Gasteiger partial charge in [-0.05, 0) is 43.7 Å². The molecular weight excluding hydrogens is 398 g/mol. The number of nitrogens with zero attached hydrogens (tertiary/aromatic N) is 4. The minimum atomic E-state index is -0.826. The molecule has 1 aliphatic rings. The summed E-state index contributed by atoms with van der Waals surface area (Å²) >= 11 is 0. The second-order valence-corrected chi connectivity index (χ2v) is 8.06. The maximum atomic E-state index is 13.9. The highest BCUT2D eigenvalue weighted by Gasteiger charge is 2.23. The van der Waals surface area contributed by atoms with Gasteiger partial charge in [-0.15, -0.1) is 0 Å². The van der Waals surface area contributed by atoms with Gasteiger partial charge >= 0.3 is 0 Å². The molecular formula is C24H26F2N4O. The first kappa shape index (κ1) is 21.2. The third kappa shape index (κ3) is 4.82. The lowest BCUT2D eigenvalue weighted by Crippen LogP contribution is -2.48. The minimum absolute atomic E-state index is 0.00532. The predicted molar refractivity (Wildman–Crippen MR) is 115 cm³/mol. The largest absolute Gasteiger partial charge is 0.336 e. The van der Waals surface area contributed by atoms with Crippen molar-refractivity contribution in [3.63, 3.8) is 0 Å². The first-order chi connectivity index (χ1) is 14.9. The van der Waals surface area contributed by atoms with Crippen molar-refractivity contribution in [1.82, 2.24) is 19.6 Å². The summed E-state index contributed by atoms with van der Waals surface area (Å²) in [5, 5.41) is 4.48. The molecule has 1 aromatic heterocycles. The number of halogens is 2. The van der Waals surface area contributed by atoms with Gasteiger partial charge in [-0.1, -0.05) is 24.3 Å². The molecule has 0 unspecified atom stereocenters. The fraction of sp³-hybridized carbons (Fsp3) is 0.333. The van der Waals surface area contributed by atoms with Crippen LogP contribution < -0.4 is 0 Å². The number of piperazine rings is 1.